The Hall–Kier alpha value is 0.110. The molecule has 1 fully saturated rings. The van der Waals surface area contributed by atoms with E-state index in [4.69, 9.17) is 0 Å². The van der Waals surface area contributed by atoms with Crippen LogP contribution in [-0.2, 0) is 10.8 Å². The van der Waals surface area contributed by atoms with E-state index in [2.05, 4.69) is 5.32 Å². The van der Waals surface area contributed by atoms with Crippen LogP contribution >= 0.6 is 0 Å². The molecule has 1 N–H and O–H groups in total. The third kappa shape index (κ3) is 1.58. The van der Waals surface area contributed by atoms with Crippen molar-refractivity contribution in [3.05, 3.63) is 0 Å². The molecule has 0 heterocycles. The average molecular weight is 161 g/mol. The highest BCUT2D eigenvalue weighted by Gasteiger charge is 2.28. The molecule has 0 bridgehead atoms. The van der Waals surface area contributed by atoms with E-state index in [0.717, 1.165) is 6.42 Å². The molecule has 60 valence electrons. The van der Waals surface area contributed by atoms with Crippen molar-refractivity contribution >= 4 is 10.8 Å². The third-order valence-electron chi connectivity index (χ3n) is 2.25. The molecule has 10 heavy (non-hydrogen) atoms. The quantitative estimate of drug-likeness (QED) is 0.639. The first-order chi connectivity index (χ1) is 4.75. The minimum Gasteiger partial charge on any atom is -0.316 e. The Morgan fingerprint density at radius 2 is 2.20 bits per heavy atom. The maximum atomic E-state index is 11.1. The van der Waals surface area contributed by atoms with E-state index in [9.17, 15) is 4.21 Å². The second-order valence-corrected chi connectivity index (χ2v) is 4.47. The zero-order chi connectivity index (χ0) is 7.56. The summed E-state index contributed by atoms with van der Waals surface area (Å²) in [5, 5.41) is 3.61. The lowest BCUT2D eigenvalue weighted by Gasteiger charge is -2.15. The van der Waals surface area contributed by atoms with Gasteiger partial charge in [0.1, 0.15) is 0 Å². The van der Waals surface area contributed by atoms with Gasteiger partial charge < -0.3 is 5.32 Å². The molecule has 1 aliphatic carbocycles. The second-order valence-electron chi connectivity index (χ2n) is 2.86. The SMILES string of the molecule is CNC1CCCC1S(C)=O. The van der Waals surface area contributed by atoms with Crippen LogP contribution in [0.2, 0.25) is 0 Å². The van der Waals surface area contributed by atoms with Crippen LogP contribution in [0.4, 0.5) is 0 Å². The molecule has 3 unspecified atom stereocenters. The summed E-state index contributed by atoms with van der Waals surface area (Å²) < 4.78 is 11.1. The van der Waals surface area contributed by atoms with E-state index >= 15 is 0 Å². The van der Waals surface area contributed by atoms with Gasteiger partial charge in [-0.2, -0.15) is 0 Å². The van der Waals surface area contributed by atoms with Gasteiger partial charge in [0.05, 0.1) is 0 Å². The summed E-state index contributed by atoms with van der Waals surface area (Å²) in [7, 11) is 1.32. The molecule has 0 spiro atoms. The highest BCUT2D eigenvalue weighted by atomic mass is 32.2. The van der Waals surface area contributed by atoms with E-state index in [-0.39, 0.29) is 0 Å². The average Bonchev–Trinajstić information content (AvgIpc) is 2.33. The first-order valence-electron chi connectivity index (χ1n) is 3.75. The van der Waals surface area contributed by atoms with E-state index in [1.807, 2.05) is 7.05 Å². The molecule has 1 saturated carbocycles. The maximum absolute atomic E-state index is 11.1. The van der Waals surface area contributed by atoms with Gasteiger partial charge in [-0.05, 0) is 19.9 Å². The minimum absolute atomic E-state index is 0.407. The Balaban J connectivity index is 2.50. The standard InChI is InChI=1S/C7H15NOS/c1-8-6-4-3-5-7(6)10(2)9/h6-8H,3-5H2,1-2H3. The lowest BCUT2D eigenvalue weighted by molar-refractivity contribution is 0.577. The van der Waals surface area contributed by atoms with Crippen molar-refractivity contribution in [1.29, 1.82) is 0 Å². The van der Waals surface area contributed by atoms with Crippen LogP contribution in [0.25, 0.3) is 0 Å². The van der Waals surface area contributed by atoms with Crippen molar-refractivity contribution in [3.8, 4) is 0 Å². The number of hydrogen-bond acceptors (Lipinski definition) is 2. The Morgan fingerprint density at radius 3 is 2.60 bits per heavy atom. The molecule has 0 aliphatic heterocycles. The highest BCUT2D eigenvalue weighted by Crippen LogP contribution is 2.22. The summed E-state index contributed by atoms with van der Waals surface area (Å²) >= 11 is 0. The minimum atomic E-state index is -0.633. The molecule has 0 saturated heterocycles. The van der Waals surface area contributed by atoms with Crippen LogP contribution in [0.15, 0.2) is 0 Å². The summed E-state index contributed by atoms with van der Waals surface area (Å²) in [6.07, 6.45) is 5.37. The van der Waals surface area contributed by atoms with Crippen LogP contribution in [-0.4, -0.2) is 28.8 Å². The van der Waals surface area contributed by atoms with Gasteiger partial charge >= 0.3 is 0 Å². The molecule has 1 aliphatic rings. The molecule has 0 radical (unpaired) electrons. The fraction of sp³-hybridized carbons (Fsp3) is 1.00. The van der Waals surface area contributed by atoms with Crippen molar-refractivity contribution in [3.63, 3.8) is 0 Å². The van der Waals surface area contributed by atoms with Crippen LogP contribution in [0, 0.1) is 0 Å². The smallest absolute Gasteiger partial charge is 0.0498 e. The lowest BCUT2D eigenvalue weighted by atomic mass is 10.2. The van der Waals surface area contributed by atoms with Crippen molar-refractivity contribution in [2.24, 2.45) is 0 Å². The summed E-state index contributed by atoms with van der Waals surface area (Å²) in [5.41, 5.74) is 0. The van der Waals surface area contributed by atoms with Crippen LogP contribution in [0.1, 0.15) is 19.3 Å². The van der Waals surface area contributed by atoms with Crippen LogP contribution in [0.5, 0.6) is 0 Å². The van der Waals surface area contributed by atoms with Crippen LogP contribution in [0.3, 0.4) is 0 Å². The summed E-state index contributed by atoms with van der Waals surface area (Å²) in [6, 6.07) is 0.505. The molecule has 0 aromatic heterocycles. The van der Waals surface area contributed by atoms with Gasteiger partial charge in [-0.15, -0.1) is 0 Å². The van der Waals surface area contributed by atoms with E-state index in [1.165, 1.54) is 12.8 Å². The Bertz CT molecular complexity index is 138. The third-order valence-corrected chi connectivity index (χ3v) is 3.67. The fourth-order valence-electron chi connectivity index (χ4n) is 1.65. The van der Waals surface area contributed by atoms with Gasteiger partial charge in [-0.3, -0.25) is 4.21 Å². The van der Waals surface area contributed by atoms with Crippen molar-refractivity contribution < 1.29 is 4.21 Å². The van der Waals surface area contributed by atoms with Gasteiger partial charge in [-0.1, -0.05) is 6.42 Å². The molecular weight excluding hydrogens is 146 g/mol. The van der Waals surface area contributed by atoms with Gasteiger partial charge in [0.2, 0.25) is 0 Å². The summed E-state index contributed by atoms with van der Waals surface area (Å²) in [6.45, 7) is 0. The topological polar surface area (TPSA) is 29.1 Å². The summed E-state index contributed by atoms with van der Waals surface area (Å²) in [4.78, 5) is 0. The van der Waals surface area contributed by atoms with Gasteiger partial charge in [-0.25, -0.2) is 0 Å². The summed E-state index contributed by atoms with van der Waals surface area (Å²) in [5.74, 6) is 0. The molecule has 1 rings (SSSR count). The normalized spacial score (nSPS) is 36.2. The molecular formula is C7H15NOS. The molecule has 0 aromatic rings. The van der Waals surface area contributed by atoms with E-state index in [0.29, 0.717) is 11.3 Å². The van der Waals surface area contributed by atoms with Crippen molar-refractivity contribution in [2.75, 3.05) is 13.3 Å². The first kappa shape index (κ1) is 8.21. The largest absolute Gasteiger partial charge is 0.316 e. The van der Waals surface area contributed by atoms with E-state index in [1.54, 1.807) is 6.26 Å². The molecule has 3 atom stereocenters. The number of nitrogens with one attached hydrogen (secondary N) is 1. The zero-order valence-corrected chi connectivity index (χ0v) is 7.41. The second kappa shape index (κ2) is 3.49. The predicted molar refractivity (Wildman–Crippen MR) is 44.6 cm³/mol. The predicted octanol–water partition coefficient (Wildman–Crippen LogP) is 0.505. The Morgan fingerprint density at radius 1 is 1.50 bits per heavy atom. The highest BCUT2D eigenvalue weighted by molar-refractivity contribution is 7.85. The number of rotatable bonds is 2. The molecule has 0 amide bonds. The lowest BCUT2D eigenvalue weighted by Crippen LogP contribution is -2.35. The van der Waals surface area contributed by atoms with Gasteiger partial charge in [0.15, 0.2) is 0 Å². The fourth-order valence-corrected chi connectivity index (χ4v) is 2.89. The van der Waals surface area contributed by atoms with Gasteiger partial charge in [0.25, 0.3) is 0 Å². The van der Waals surface area contributed by atoms with Crippen molar-refractivity contribution in [1.82, 2.24) is 5.32 Å². The monoisotopic (exact) mass is 161 g/mol. The molecule has 3 heteroatoms. The molecule has 0 aromatic carbocycles. The van der Waals surface area contributed by atoms with Gasteiger partial charge in [0, 0.05) is 28.3 Å². The maximum Gasteiger partial charge on any atom is 0.0498 e. The zero-order valence-electron chi connectivity index (χ0n) is 6.59. The first-order valence-corrected chi connectivity index (χ1v) is 5.37. The van der Waals surface area contributed by atoms with Crippen LogP contribution < -0.4 is 5.32 Å². The molecule has 2 nitrogen and oxygen atoms in total. The number of hydrogen-bond donors (Lipinski definition) is 1. The van der Waals surface area contributed by atoms with E-state index < -0.39 is 10.8 Å². The Labute approximate surface area is 64.8 Å². The van der Waals surface area contributed by atoms with Crippen molar-refractivity contribution in [2.45, 2.75) is 30.6 Å². The Kier molecular flexibility index (Phi) is 2.86.